The van der Waals surface area contributed by atoms with Crippen molar-refractivity contribution in [1.82, 2.24) is 0 Å². The minimum Gasteiger partial charge on any atom is -0.364 e. The van der Waals surface area contributed by atoms with Gasteiger partial charge in [-0.15, -0.1) is 0 Å². The van der Waals surface area contributed by atoms with Crippen LogP contribution < -0.4 is 11.1 Å². The monoisotopic (exact) mass is 234 g/mol. The van der Waals surface area contributed by atoms with Crippen LogP contribution >= 0.6 is 0 Å². The van der Waals surface area contributed by atoms with Crippen molar-refractivity contribution in [2.45, 2.75) is 32.0 Å². The Morgan fingerprint density at radius 2 is 2.12 bits per heavy atom. The first-order valence-electron chi connectivity index (χ1n) is 5.92. The van der Waals surface area contributed by atoms with E-state index in [0.717, 1.165) is 18.5 Å². The molecule has 1 aliphatic rings. The highest BCUT2D eigenvalue weighted by molar-refractivity contribution is 5.94. The molecule has 1 aromatic rings. The first-order chi connectivity index (χ1) is 8.19. The zero-order chi connectivity index (χ0) is 12.3. The molecule has 3 N–H and O–H groups in total. The van der Waals surface area contributed by atoms with E-state index >= 15 is 0 Å². The van der Waals surface area contributed by atoms with Gasteiger partial charge in [-0.3, -0.25) is 4.79 Å². The van der Waals surface area contributed by atoms with Crippen molar-refractivity contribution in [3.63, 3.8) is 0 Å². The maximum Gasteiger partial charge on any atom is 0.253 e. The average Bonchev–Trinajstić information content (AvgIpc) is 2.81. The highest BCUT2D eigenvalue weighted by Crippen LogP contribution is 2.20. The number of aryl methyl sites for hydroxylation is 1. The molecule has 0 saturated carbocycles. The van der Waals surface area contributed by atoms with Crippen LogP contribution in [-0.2, 0) is 9.53 Å². The highest BCUT2D eigenvalue weighted by Gasteiger charge is 2.29. The molecule has 0 aliphatic carbocycles. The van der Waals surface area contributed by atoms with Gasteiger partial charge in [0.25, 0.3) is 5.91 Å². The molecule has 0 bridgehead atoms. The zero-order valence-electron chi connectivity index (χ0n) is 9.98. The Hall–Kier alpha value is -1.39. The van der Waals surface area contributed by atoms with Gasteiger partial charge in [0.15, 0.2) is 0 Å². The van der Waals surface area contributed by atoms with Crippen LogP contribution in [0.3, 0.4) is 0 Å². The van der Waals surface area contributed by atoms with Crippen LogP contribution in [0.2, 0.25) is 0 Å². The van der Waals surface area contributed by atoms with Crippen molar-refractivity contribution in [3.05, 3.63) is 29.8 Å². The molecule has 1 fully saturated rings. The number of nitrogens with two attached hydrogens (primary N) is 1. The van der Waals surface area contributed by atoms with Gasteiger partial charge in [-0.25, -0.2) is 0 Å². The fraction of sp³-hybridized carbons (Fsp3) is 0.462. The van der Waals surface area contributed by atoms with E-state index in [9.17, 15) is 4.79 Å². The number of carbonyl (C=O) groups excluding carboxylic acids is 1. The number of ether oxygens (including phenoxy) is 1. The Bertz CT molecular complexity index is 389. The van der Waals surface area contributed by atoms with E-state index in [4.69, 9.17) is 10.5 Å². The highest BCUT2D eigenvalue weighted by atomic mass is 16.5. The summed E-state index contributed by atoms with van der Waals surface area (Å²) in [5, 5.41) is 2.85. The van der Waals surface area contributed by atoms with Gasteiger partial charge < -0.3 is 15.8 Å². The summed E-state index contributed by atoms with van der Waals surface area (Å²) >= 11 is 0. The van der Waals surface area contributed by atoms with E-state index in [1.54, 1.807) is 0 Å². The molecular formula is C13H18N2O2. The third-order valence-electron chi connectivity index (χ3n) is 2.98. The van der Waals surface area contributed by atoms with Gasteiger partial charge in [0.1, 0.15) is 6.10 Å². The van der Waals surface area contributed by atoms with E-state index in [2.05, 4.69) is 5.32 Å². The van der Waals surface area contributed by atoms with Crippen LogP contribution in [0.1, 0.15) is 18.4 Å². The number of benzene rings is 1. The number of anilines is 1. The summed E-state index contributed by atoms with van der Waals surface area (Å²) in [5.41, 5.74) is 7.48. The molecule has 0 unspecified atom stereocenters. The molecule has 1 aromatic carbocycles. The Morgan fingerprint density at radius 1 is 1.41 bits per heavy atom. The molecule has 0 aromatic heterocycles. The molecule has 0 radical (unpaired) electrons. The van der Waals surface area contributed by atoms with Crippen molar-refractivity contribution in [3.8, 4) is 0 Å². The van der Waals surface area contributed by atoms with E-state index < -0.39 is 0 Å². The molecule has 0 spiro atoms. The third-order valence-corrected chi connectivity index (χ3v) is 2.98. The number of rotatable bonds is 3. The van der Waals surface area contributed by atoms with Crippen LogP contribution in [0.4, 0.5) is 5.69 Å². The number of hydrogen-bond acceptors (Lipinski definition) is 3. The fourth-order valence-electron chi connectivity index (χ4n) is 1.93. The SMILES string of the molecule is Cc1ccc(NC(=O)[C@@H]2CC[C@H](CN)O2)cc1. The predicted octanol–water partition coefficient (Wildman–Crippen LogP) is 1.44. The molecular weight excluding hydrogens is 216 g/mol. The van der Waals surface area contributed by atoms with Crippen LogP contribution in [0.25, 0.3) is 0 Å². The van der Waals surface area contributed by atoms with Gasteiger partial charge >= 0.3 is 0 Å². The Morgan fingerprint density at radius 3 is 2.71 bits per heavy atom. The molecule has 1 saturated heterocycles. The smallest absolute Gasteiger partial charge is 0.253 e. The van der Waals surface area contributed by atoms with Crippen molar-refractivity contribution >= 4 is 11.6 Å². The standard InChI is InChI=1S/C13H18N2O2/c1-9-2-4-10(5-3-9)15-13(16)12-7-6-11(8-14)17-12/h2-5,11-12H,6-8,14H2,1H3,(H,15,16)/t11-,12+/m1/s1. The number of hydrogen-bond donors (Lipinski definition) is 2. The molecule has 1 amide bonds. The average molecular weight is 234 g/mol. The lowest BCUT2D eigenvalue weighted by Crippen LogP contribution is -2.29. The van der Waals surface area contributed by atoms with Crippen molar-refractivity contribution < 1.29 is 9.53 Å². The minimum atomic E-state index is -0.357. The van der Waals surface area contributed by atoms with Gasteiger partial charge in [-0.1, -0.05) is 17.7 Å². The molecule has 1 aliphatic heterocycles. The summed E-state index contributed by atoms with van der Waals surface area (Å²) in [7, 11) is 0. The number of nitrogens with one attached hydrogen (secondary N) is 1. The van der Waals surface area contributed by atoms with Crippen LogP contribution in [-0.4, -0.2) is 24.7 Å². The van der Waals surface area contributed by atoms with Gasteiger partial charge in [-0.05, 0) is 31.9 Å². The van der Waals surface area contributed by atoms with Crippen molar-refractivity contribution in [1.29, 1.82) is 0 Å². The van der Waals surface area contributed by atoms with Crippen LogP contribution in [0.15, 0.2) is 24.3 Å². The molecule has 92 valence electrons. The third kappa shape index (κ3) is 3.05. The van der Waals surface area contributed by atoms with E-state index in [1.807, 2.05) is 31.2 Å². The second-order valence-corrected chi connectivity index (χ2v) is 4.42. The van der Waals surface area contributed by atoms with E-state index in [1.165, 1.54) is 5.56 Å². The Balaban J connectivity index is 1.91. The molecule has 1 heterocycles. The van der Waals surface area contributed by atoms with E-state index in [-0.39, 0.29) is 18.1 Å². The quantitative estimate of drug-likeness (QED) is 0.831. The van der Waals surface area contributed by atoms with Crippen LogP contribution in [0.5, 0.6) is 0 Å². The maximum absolute atomic E-state index is 11.9. The Labute approximate surface area is 101 Å². The lowest BCUT2D eigenvalue weighted by Gasteiger charge is -2.12. The normalized spacial score (nSPS) is 23.6. The summed E-state index contributed by atoms with van der Waals surface area (Å²) in [4.78, 5) is 11.9. The lowest BCUT2D eigenvalue weighted by molar-refractivity contribution is -0.126. The van der Waals surface area contributed by atoms with Gasteiger partial charge in [0.05, 0.1) is 6.10 Å². The van der Waals surface area contributed by atoms with Gasteiger partial charge in [0, 0.05) is 12.2 Å². The minimum absolute atomic E-state index is 0.0313. The van der Waals surface area contributed by atoms with E-state index in [0.29, 0.717) is 6.54 Å². The first kappa shape index (κ1) is 12.1. The molecule has 2 atom stereocenters. The first-order valence-corrected chi connectivity index (χ1v) is 5.92. The van der Waals surface area contributed by atoms with Crippen LogP contribution in [0, 0.1) is 6.92 Å². The predicted molar refractivity (Wildman–Crippen MR) is 66.8 cm³/mol. The number of carbonyl (C=O) groups is 1. The molecule has 17 heavy (non-hydrogen) atoms. The van der Waals surface area contributed by atoms with Crippen molar-refractivity contribution in [2.24, 2.45) is 5.73 Å². The molecule has 4 heteroatoms. The van der Waals surface area contributed by atoms with Crippen molar-refractivity contribution in [2.75, 3.05) is 11.9 Å². The second-order valence-electron chi connectivity index (χ2n) is 4.42. The Kier molecular flexibility index (Phi) is 3.76. The zero-order valence-corrected chi connectivity index (χ0v) is 9.98. The van der Waals surface area contributed by atoms with Gasteiger partial charge in [-0.2, -0.15) is 0 Å². The number of amides is 1. The second kappa shape index (κ2) is 5.29. The molecule has 2 rings (SSSR count). The largest absolute Gasteiger partial charge is 0.364 e. The topological polar surface area (TPSA) is 64.4 Å². The summed E-state index contributed by atoms with van der Waals surface area (Å²) in [6.45, 7) is 2.49. The van der Waals surface area contributed by atoms with Gasteiger partial charge in [0.2, 0.25) is 0 Å². The summed E-state index contributed by atoms with van der Waals surface area (Å²) < 4.78 is 5.53. The molecule has 4 nitrogen and oxygen atoms in total. The maximum atomic E-state index is 11.9. The fourth-order valence-corrected chi connectivity index (χ4v) is 1.93. The summed E-state index contributed by atoms with van der Waals surface area (Å²) in [5.74, 6) is -0.0789. The summed E-state index contributed by atoms with van der Waals surface area (Å²) in [6, 6.07) is 7.72. The lowest BCUT2D eigenvalue weighted by atomic mass is 10.2. The summed E-state index contributed by atoms with van der Waals surface area (Å²) in [6.07, 6.45) is 1.29.